The van der Waals surface area contributed by atoms with Gasteiger partial charge in [-0.1, -0.05) is 65.9 Å². The largest absolute Gasteiger partial charge is 0.489 e. The molecular formula is C20H14ClN3O2S. The second-order valence-electron chi connectivity index (χ2n) is 5.69. The third-order valence-corrected chi connectivity index (χ3v) is 5.02. The number of thiazole rings is 1. The van der Waals surface area contributed by atoms with Crippen LogP contribution in [0.2, 0.25) is 5.02 Å². The number of aromatic nitrogens is 3. The first-order valence-corrected chi connectivity index (χ1v) is 9.35. The lowest BCUT2D eigenvalue weighted by atomic mass is 10.2. The number of rotatable bonds is 5. The van der Waals surface area contributed by atoms with Crippen molar-refractivity contribution in [3.8, 4) is 17.1 Å². The molecule has 0 amide bonds. The van der Waals surface area contributed by atoms with E-state index in [0.717, 1.165) is 11.1 Å². The van der Waals surface area contributed by atoms with E-state index in [2.05, 4.69) is 16.7 Å². The minimum Gasteiger partial charge on any atom is -0.489 e. The van der Waals surface area contributed by atoms with Gasteiger partial charge in [0, 0.05) is 16.1 Å². The minimum atomic E-state index is -0.214. The van der Waals surface area contributed by atoms with Gasteiger partial charge in [-0.25, -0.2) is 0 Å². The van der Waals surface area contributed by atoms with Gasteiger partial charge >= 0.3 is 0 Å². The van der Waals surface area contributed by atoms with Gasteiger partial charge in [0.15, 0.2) is 5.82 Å². The van der Waals surface area contributed by atoms with Crippen molar-refractivity contribution in [3.63, 3.8) is 0 Å². The molecule has 0 aliphatic heterocycles. The molecule has 0 saturated carbocycles. The third kappa shape index (κ3) is 3.49. The standard InChI is InChI=1S/C20H14ClN3O2S/c1-2-10-26-16-9-4-3-6-13(16)12-17-19(25)24-20(27-17)22-18(23-24)14-7-5-8-15(21)11-14/h2-9,11-12H,1,10H2/b17-12+. The minimum absolute atomic E-state index is 0.214. The molecule has 2 aromatic carbocycles. The lowest BCUT2D eigenvalue weighted by molar-refractivity contribution is 0.362. The van der Waals surface area contributed by atoms with Gasteiger partial charge in [0.05, 0.1) is 4.53 Å². The Labute approximate surface area is 163 Å². The van der Waals surface area contributed by atoms with Crippen molar-refractivity contribution in [2.45, 2.75) is 0 Å². The molecule has 27 heavy (non-hydrogen) atoms. The molecule has 7 heteroatoms. The van der Waals surface area contributed by atoms with E-state index < -0.39 is 0 Å². The molecule has 0 unspecified atom stereocenters. The van der Waals surface area contributed by atoms with E-state index in [0.29, 0.717) is 32.7 Å². The van der Waals surface area contributed by atoms with Crippen molar-refractivity contribution in [1.29, 1.82) is 0 Å². The quantitative estimate of drug-likeness (QED) is 0.485. The molecule has 4 aromatic rings. The SMILES string of the molecule is C=CCOc1ccccc1/C=c1/sc2nc(-c3cccc(Cl)c3)nn2c1=O. The van der Waals surface area contributed by atoms with Crippen LogP contribution in [0, 0.1) is 0 Å². The highest BCUT2D eigenvalue weighted by molar-refractivity contribution is 7.15. The van der Waals surface area contributed by atoms with Gasteiger partial charge in [-0.2, -0.15) is 9.50 Å². The van der Waals surface area contributed by atoms with Crippen LogP contribution in [0.25, 0.3) is 22.4 Å². The van der Waals surface area contributed by atoms with Gasteiger partial charge in [-0.3, -0.25) is 4.79 Å². The summed E-state index contributed by atoms with van der Waals surface area (Å²) in [4.78, 5) is 17.7. The number of ether oxygens (including phenoxy) is 1. The molecule has 134 valence electrons. The molecule has 0 bridgehead atoms. The molecule has 5 nitrogen and oxygen atoms in total. The van der Waals surface area contributed by atoms with Crippen LogP contribution in [-0.4, -0.2) is 21.2 Å². The first kappa shape index (κ1) is 17.5. The molecule has 2 aromatic heterocycles. The fourth-order valence-corrected chi connectivity index (χ4v) is 3.69. The van der Waals surface area contributed by atoms with Crippen LogP contribution >= 0.6 is 22.9 Å². The molecule has 0 spiro atoms. The normalized spacial score (nSPS) is 11.8. The van der Waals surface area contributed by atoms with Crippen LogP contribution < -0.4 is 14.8 Å². The van der Waals surface area contributed by atoms with Gasteiger partial charge in [0.1, 0.15) is 12.4 Å². The van der Waals surface area contributed by atoms with Crippen LogP contribution in [0.15, 0.2) is 66.0 Å². The first-order chi connectivity index (χ1) is 13.2. The Hall–Kier alpha value is -2.96. The maximum Gasteiger partial charge on any atom is 0.291 e. The van der Waals surface area contributed by atoms with Crippen molar-refractivity contribution in [1.82, 2.24) is 14.6 Å². The molecule has 0 fully saturated rings. The topological polar surface area (TPSA) is 56.5 Å². The van der Waals surface area contributed by atoms with Crippen LogP contribution in [0.4, 0.5) is 0 Å². The molecule has 0 atom stereocenters. The number of fused-ring (bicyclic) bond motifs is 1. The van der Waals surface area contributed by atoms with Crippen LogP contribution in [0.1, 0.15) is 5.56 Å². The molecule has 0 aliphatic carbocycles. The van der Waals surface area contributed by atoms with E-state index in [1.165, 1.54) is 15.9 Å². The summed E-state index contributed by atoms with van der Waals surface area (Å²) in [6.07, 6.45) is 3.47. The summed E-state index contributed by atoms with van der Waals surface area (Å²) in [5.74, 6) is 1.16. The van der Waals surface area contributed by atoms with Crippen molar-refractivity contribution < 1.29 is 4.74 Å². The van der Waals surface area contributed by atoms with Gasteiger partial charge in [0.2, 0.25) is 4.96 Å². The Kier molecular flexibility index (Phi) is 4.75. The third-order valence-electron chi connectivity index (χ3n) is 3.83. The van der Waals surface area contributed by atoms with E-state index in [-0.39, 0.29) is 5.56 Å². The Bertz CT molecular complexity index is 1250. The molecule has 0 N–H and O–H groups in total. The number of hydrogen-bond acceptors (Lipinski definition) is 5. The van der Waals surface area contributed by atoms with Gasteiger partial charge in [0.25, 0.3) is 5.56 Å². The van der Waals surface area contributed by atoms with Crippen molar-refractivity contribution in [2.75, 3.05) is 6.61 Å². The fraction of sp³-hybridized carbons (Fsp3) is 0.0500. The highest BCUT2D eigenvalue weighted by Gasteiger charge is 2.12. The number of benzene rings is 2. The smallest absolute Gasteiger partial charge is 0.291 e. The average molecular weight is 396 g/mol. The van der Waals surface area contributed by atoms with Crippen LogP contribution in [0.3, 0.4) is 0 Å². The number of para-hydroxylation sites is 1. The van der Waals surface area contributed by atoms with E-state index >= 15 is 0 Å². The Balaban J connectivity index is 1.78. The molecular weight excluding hydrogens is 382 g/mol. The second-order valence-corrected chi connectivity index (χ2v) is 7.14. The highest BCUT2D eigenvalue weighted by atomic mass is 35.5. The maximum absolute atomic E-state index is 12.7. The predicted molar refractivity (Wildman–Crippen MR) is 108 cm³/mol. The van der Waals surface area contributed by atoms with Crippen LogP contribution in [0.5, 0.6) is 5.75 Å². The zero-order chi connectivity index (χ0) is 18.8. The van der Waals surface area contributed by atoms with E-state index in [1.54, 1.807) is 24.3 Å². The summed E-state index contributed by atoms with van der Waals surface area (Å²) in [6.45, 7) is 4.05. The molecule has 2 heterocycles. The zero-order valence-electron chi connectivity index (χ0n) is 14.1. The summed E-state index contributed by atoms with van der Waals surface area (Å²) in [5.41, 5.74) is 1.37. The van der Waals surface area contributed by atoms with Crippen molar-refractivity contribution in [2.24, 2.45) is 0 Å². The molecule has 0 aliphatic rings. The van der Waals surface area contributed by atoms with Gasteiger partial charge < -0.3 is 4.74 Å². The first-order valence-electron chi connectivity index (χ1n) is 8.15. The van der Waals surface area contributed by atoms with E-state index in [4.69, 9.17) is 16.3 Å². The van der Waals surface area contributed by atoms with Crippen LogP contribution in [-0.2, 0) is 0 Å². The Morgan fingerprint density at radius 1 is 1.22 bits per heavy atom. The van der Waals surface area contributed by atoms with E-state index in [9.17, 15) is 4.79 Å². The molecule has 4 rings (SSSR count). The second kappa shape index (κ2) is 7.34. The number of hydrogen-bond donors (Lipinski definition) is 0. The molecule has 0 saturated heterocycles. The lowest BCUT2D eigenvalue weighted by Crippen LogP contribution is -2.23. The lowest BCUT2D eigenvalue weighted by Gasteiger charge is -2.05. The highest BCUT2D eigenvalue weighted by Crippen LogP contribution is 2.21. The summed E-state index contributed by atoms with van der Waals surface area (Å²) < 4.78 is 7.50. The fourth-order valence-electron chi connectivity index (χ4n) is 2.60. The summed E-state index contributed by atoms with van der Waals surface area (Å²) in [6, 6.07) is 14.8. The predicted octanol–water partition coefficient (Wildman–Crippen LogP) is 3.58. The van der Waals surface area contributed by atoms with Crippen molar-refractivity contribution >= 4 is 34.0 Å². The Morgan fingerprint density at radius 3 is 2.85 bits per heavy atom. The van der Waals surface area contributed by atoms with Gasteiger partial charge in [-0.15, -0.1) is 5.10 Å². The zero-order valence-corrected chi connectivity index (χ0v) is 15.7. The monoisotopic (exact) mass is 395 g/mol. The van der Waals surface area contributed by atoms with Gasteiger partial charge in [-0.05, 0) is 24.3 Å². The Morgan fingerprint density at radius 2 is 2.07 bits per heavy atom. The summed E-state index contributed by atoms with van der Waals surface area (Å²) >= 11 is 7.30. The molecule has 0 radical (unpaired) electrons. The average Bonchev–Trinajstić information content (AvgIpc) is 3.21. The summed E-state index contributed by atoms with van der Waals surface area (Å²) in [5, 5.41) is 4.93. The maximum atomic E-state index is 12.7. The van der Waals surface area contributed by atoms with Crippen molar-refractivity contribution in [3.05, 3.63) is 86.7 Å². The van der Waals surface area contributed by atoms with E-state index in [1.807, 2.05) is 36.4 Å². The number of nitrogens with zero attached hydrogens (tertiary/aromatic N) is 3. The number of halogens is 1. The summed E-state index contributed by atoms with van der Waals surface area (Å²) in [7, 11) is 0.